The minimum Gasteiger partial charge on any atom is -0.349 e. The molecule has 1 N–H and O–H groups in total. The Balaban J connectivity index is 1.86. The van der Waals surface area contributed by atoms with Gasteiger partial charge in [-0.3, -0.25) is 9.59 Å². The van der Waals surface area contributed by atoms with Gasteiger partial charge in [-0.05, 0) is 36.6 Å². The Kier molecular flexibility index (Phi) is 2.18. The van der Waals surface area contributed by atoms with Crippen LogP contribution in [0, 0.1) is 0 Å². The summed E-state index contributed by atoms with van der Waals surface area (Å²) >= 11 is 0. The summed E-state index contributed by atoms with van der Waals surface area (Å²) in [5.74, 6) is 0.0528. The van der Waals surface area contributed by atoms with Gasteiger partial charge in [0.05, 0.1) is 6.42 Å². The van der Waals surface area contributed by atoms with Gasteiger partial charge in [0.2, 0.25) is 5.91 Å². The van der Waals surface area contributed by atoms with Crippen LogP contribution in [-0.2, 0) is 11.2 Å². The summed E-state index contributed by atoms with van der Waals surface area (Å²) in [5, 5.41) is 2.95. The normalized spacial score (nSPS) is 18.2. The first-order valence-corrected chi connectivity index (χ1v) is 5.85. The van der Waals surface area contributed by atoms with Gasteiger partial charge < -0.3 is 10.2 Å². The maximum Gasteiger partial charge on any atom is 0.251 e. The standard InChI is InChI=1S/C13H14N2O2/c1-15-11-5-2-8(6-9(11)7-12(15)16)13(17)14-10-3-4-10/h2,5-6,10H,3-4,7H2,1H3,(H,14,17). The van der Waals surface area contributed by atoms with Crippen molar-refractivity contribution in [3.63, 3.8) is 0 Å². The Morgan fingerprint density at radius 2 is 2.18 bits per heavy atom. The monoisotopic (exact) mass is 230 g/mol. The SMILES string of the molecule is CN1C(=O)Cc2cc(C(=O)NC3CC3)ccc21. The quantitative estimate of drug-likeness (QED) is 0.827. The van der Waals surface area contributed by atoms with Gasteiger partial charge in [0.25, 0.3) is 5.91 Å². The zero-order valence-corrected chi connectivity index (χ0v) is 9.69. The molecule has 0 unspecified atom stereocenters. The molecule has 4 nitrogen and oxygen atoms in total. The van der Waals surface area contributed by atoms with Crippen LogP contribution in [0.25, 0.3) is 0 Å². The molecule has 0 bridgehead atoms. The van der Waals surface area contributed by atoms with Crippen LogP contribution in [-0.4, -0.2) is 24.9 Å². The molecule has 1 heterocycles. The summed E-state index contributed by atoms with van der Waals surface area (Å²) < 4.78 is 0. The minimum absolute atomic E-state index is 0.0303. The lowest BCUT2D eigenvalue weighted by molar-refractivity contribution is -0.117. The van der Waals surface area contributed by atoms with E-state index >= 15 is 0 Å². The van der Waals surface area contributed by atoms with Crippen molar-refractivity contribution < 1.29 is 9.59 Å². The number of nitrogens with one attached hydrogen (secondary N) is 1. The second-order valence-corrected chi connectivity index (χ2v) is 4.72. The Morgan fingerprint density at radius 1 is 1.41 bits per heavy atom. The number of nitrogens with zero attached hydrogens (tertiary/aromatic N) is 1. The van der Waals surface area contributed by atoms with Gasteiger partial charge in [-0.1, -0.05) is 0 Å². The predicted molar refractivity (Wildman–Crippen MR) is 64.0 cm³/mol. The summed E-state index contributed by atoms with van der Waals surface area (Å²) in [6.07, 6.45) is 2.56. The van der Waals surface area contributed by atoms with E-state index in [2.05, 4.69) is 5.32 Å². The number of amides is 2. The maximum absolute atomic E-state index is 11.8. The van der Waals surface area contributed by atoms with E-state index in [4.69, 9.17) is 0 Å². The molecular formula is C13H14N2O2. The fourth-order valence-electron chi connectivity index (χ4n) is 2.11. The molecule has 88 valence electrons. The number of anilines is 1. The van der Waals surface area contributed by atoms with Crippen LogP contribution >= 0.6 is 0 Å². The molecule has 1 fully saturated rings. The first-order valence-electron chi connectivity index (χ1n) is 5.85. The largest absolute Gasteiger partial charge is 0.349 e. The highest BCUT2D eigenvalue weighted by molar-refractivity contribution is 6.03. The highest BCUT2D eigenvalue weighted by Crippen LogP contribution is 2.28. The fourth-order valence-corrected chi connectivity index (χ4v) is 2.11. The number of fused-ring (bicyclic) bond motifs is 1. The molecule has 1 aliphatic heterocycles. The van der Waals surface area contributed by atoms with E-state index in [1.165, 1.54) is 0 Å². The fraction of sp³-hybridized carbons (Fsp3) is 0.385. The molecule has 0 aromatic heterocycles. The number of carbonyl (C=O) groups excluding carboxylic acids is 2. The van der Waals surface area contributed by atoms with E-state index in [-0.39, 0.29) is 11.8 Å². The van der Waals surface area contributed by atoms with E-state index in [9.17, 15) is 9.59 Å². The van der Waals surface area contributed by atoms with Crippen LogP contribution in [0.3, 0.4) is 0 Å². The Morgan fingerprint density at radius 3 is 2.88 bits per heavy atom. The van der Waals surface area contributed by atoms with Crippen molar-refractivity contribution in [2.24, 2.45) is 0 Å². The van der Waals surface area contributed by atoms with Crippen LogP contribution in [0.5, 0.6) is 0 Å². The molecule has 0 saturated heterocycles. The van der Waals surface area contributed by atoms with Gasteiger partial charge in [0.15, 0.2) is 0 Å². The van der Waals surface area contributed by atoms with Crippen molar-refractivity contribution in [3.05, 3.63) is 29.3 Å². The van der Waals surface area contributed by atoms with E-state index in [1.54, 1.807) is 18.0 Å². The van der Waals surface area contributed by atoms with Gasteiger partial charge in [-0.25, -0.2) is 0 Å². The lowest BCUT2D eigenvalue weighted by Gasteiger charge is -2.10. The van der Waals surface area contributed by atoms with Crippen molar-refractivity contribution in [1.29, 1.82) is 0 Å². The first kappa shape index (κ1) is 10.3. The van der Waals surface area contributed by atoms with Crippen molar-refractivity contribution in [3.8, 4) is 0 Å². The number of rotatable bonds is 2. The Bertz CT molecular complexity index is 506. The molecule has 1 aromatic rings. The molecule has 3 rings (SSSR count). The third kappa shape index (κ3) is 1.79. The lowest BCUT2D eigenvalue weighted by atomic mass is 10.1. The summed E-state index contributed by atoms with van der Waals surface area (Å²) in [6, 6.07) is 5.82. The molecule has 2 aliphatic rings. The zero-order chi connectivity index (χ0) is 12.0. The highest BCUT2D eigenvalue weighted by Gasteiger charge is 2.27. The van der Waals surface area contributed by atoms with Gasteiger partial charge >= 0.3 is 0 Å². The van der Waals surface area contributed by atoms with Crippen LogP contribution in [0.4, 0.5) is 5.69 Å². The van der Waals surface area contributed by atoms with Crippen LogP contribution < -0.4 is 10.2 Å². The number of carbonyl (C=O) groups is 2. The molecule has 2 amide bonds. The molecule has 0 spiro atoms. The molecule has 1 aliphatic carbocycles. The van der Waals surface area contributed by atoms with E-state index in [1.807, 2.05) is 12.1 Å². The van der Waals surface area contributed by atoms with Crippen LogP contribution in [0.1, 0.15) is 28.8 Å². The third-order valence-electron chi connectivity index (χ3n) is 3.33. The average molecular weight is 230 g/mol. The zero-order valence-electron chi connectivity index (χ0n) is 9.69. The van der Waals surface area contributed by atoms with Crippen LogP contribution in [0.15, 0.2) is 18.2 Å². The summed E-state index contributed by atoms with van der Waals surface area (Å²) in [5.41, 5.74) is 2.51. The maximum atomic E-state index is 11.8. The second-order valence-electron chi connectivity index (χ2n) is 4.72. The smallest absolute Gasteiger partial charge is 0.251 e. The van der Waals surface area contributed by atoms with Crippen molar-refractivity contribution >= 4 is 17.5 Å². The number of benzene rings is 1. The lowest BCUT2D eigenvalue weighted by Crippen LogP contribution is -2.25. The highest BCUT2D eigenvalue weighted by atomic mass is 16.2. The third-order valence-corrected chi connectivity index (χ3v) is 3.33. The summed E-state index contributed by atoms with van der Waals surface area (Å²) in [4.78, 5) is 25.0. The average Bonchev–Trinajstić information content (AvgIpc) is 3.07. The van der Waals surface area contributed by atoms with Crippen molar-refractivity contribution in [2.75, 3.05) is 11.9 Å². The van der Waals surface area contributed by atoms with Gasteiger partial charge in [-0.15, -0.1) is 0 Å². The number of hydrogen-bond acceptors (Lipinski definition) is 2. The molecular weight excluding hydrogens is 216 g/mol. The van der Waals surface area contributed by atoms with E-state index in [0.717, 1.165) is 24.1 Å². The van der Waals surface area contributed by atoms with Crippen molar-refractivity contribution in [2.45, 2.75) is 25.3 Å². The molecule has 1 saturated carbocycles. The summed E-state index contributed by atoms with van der Waals surface area (Å²) in [7, 11) is 1.76. The molecule has 4 heteroatoms. The van der Waals surface area contributed by atoms with Crippen LogP contribution in [0.2, 0.25) is 0 Å². The molecule has 0 radical (unpaired) electrons. The predicted octanol–water partition coefficient (Wildman–Crippen LogP) is 1.10. The summed E-state index contributed by atoms with van der Waals surface area (Å²) in [6.45, 7) is 0. The Labute approximate surface area is 99.6 Å². The van der Waals surface area contributed by atoms with Gasteiger partial charge in [0, 0.05) is 24.3 Å². The van der Waals surface area contributed by atoms with E-state index < -0.39 is 0 Å². The number of likely N-dealkylation sites (N-methyl/N-ethyl adjacent to an activating group) is 1. The number of hydrogen-bond donors (Lipinski definition) is 1. The first-order chi connectivity index (χ1) is 8.15. The molecule has 17 heavy (non-hydrogen) atoms. The second kappa shape index (κ2) is 3.58. The van der Waals surface area contributed by atoms with Crippen molar-refractivity contribution in [1.82, 2.24) is 5.32 Å². The minimum atomic E-state index is -0.0303. The molecule has 1 aromatic carbocycles. The topological polar surface area (TPSA) is 49.4 Å². The van der Waals surface area contributed by atoms with E-state index in [0.29, 0.717) is 18.0 Å². The van der Waals surface area contributed by atoms with Gasteiger partial charge in [0.1, 0.15) is 0 Å². The van der Waals surface area contributed by atoms with Gasteiger partial charge in [-0.2, -0.15) is 0 Å². The molecule has 0 atom stereocenters. The Hall–Kier alpha value is -1.84.